The minimum Gasteiger partial charge on any atom is -0.496 e. The van der Waals surface area contributed by atoms with E-state index < -0.39 is 0 Å². The van der Waals surface area contributed by atoms with Gasteiger partial charge >= 0.3 is 0 Å². The van der Waals surface area contributed by atoms with Crippen molar-refractivity contribution in [2.75, 3.05) is 13.7 Å². The Kier molecular flexibility index (Phi) is 8.79. The van der Waals surface area contributed by atoms with Crippen LogP contribution in [-0.4, -0.2) is 19.9 Å². The molecular weight excluding hydrogens is 524 g/mol. The molecule has 3 aromatic rings. The van der Waals surface area contributed by atoms with Gasteiger partial charge in [0.1, 0.15) is 12.4 Å². The Hall–Kier alpha value is -2.51. The number of ether oxygens (including phenoxy) is 3. The van der Waals surface area contributed by atoms with Crippen LogP contribution < -0.4 is 19.6 Å². The quantitative estimate of drug-likeness (QED) is 0.238. The minimum absolute atomic E-state index is 0.444. The monoisotopic (exact) mass is 546 g/mol. The molecule has 3 aromatic carbocycles. The number of nitrogens with one attached hydrogen (secondary N) is 1. The number of hydrazone groups is 1. The SMILES string of the molecule is CCOc1cc(/C=N\NCc2ccccc2OC)cc(Br)c1OCc1ccc(Br)cc1. The van der Waals surface area contributed by atoms with Crippen LogP contribution in [-0.2, 0) is 13.2 Å². The average Bonchev–Trinajstić information content (AvgIpc) is 2.78. The van der Waals surface area contributed by atoms with Crippen LogP contribution in [0.4, 0.5) is 0 Å². The summed E-state index contributed by atoms with van der Waals surface area (Å²) in [5.41, 5.74) is 6.06. The van der Waals surface area contributed by atoms with Crippen LogP contribution in [0, 0.1) is 0 Å². The van der Waals surface area contributed by atoms with Gasteiger partial charge in [-0.1, -0.05) is 46.3 Å². The predicted molar refractivity (Wildman–Crippen MR) is 131 cm³/mol. The Morgan fingerprint density at radius 1 is 0.968 bits per heavy atom. The Morgan fingerprint density at radius 3 is 2.48 bits per heavy atom. The molecule has 0 atom stereocenters. The second kappa shape index (κ2) is 11.8. The molecule has 3 rings (SSSR count). The molecule has 31 heavy (non-hydrogen) atoms. The molecule has 0 saturated carbocycles. The molecule has 0 aromatic heterocycles. The Bertz CT molecular complexity index is 1020. The van der Waals surface area contributed by atoms with E-state index in [4.69, 9.17) is 14.2 Å². The van der Waals surface area contributed by atoms with Crippen molar-refractivity contribution in [3.63, 3.8) is 0 Å². The summed E-state index contributed by atoms with van der Waals surface area (Å²) in [6.07, 6.45) is 1.75. The zero-order chi connectivity index (χ0) is 22.1. The zero-order valence-corrected chi connectivity index (χ0v) is 20.6. The summed E-state index contributed by atoms with van der Waals surface area (Å²) in [7, 11) is 1.66. The lowest BCUT2D eigenvalue weighted by Crippen LogP contribution is -2.07. The maximum atomic E-state index is 6.05. The van der Waals surface area contributed by atoms with E-state index in [1.165, 1.54) is 0 Å². The number of methoxy groups -OCH3 is 1. The van der Waals surface area contributed by atoms with Crippen molar-refractivity contribution in [2.24, 2.45) is 5.10 Å². The van der Waals surface area contributed by atoms with E-state index in [2.05, 4.69) is 42.4 Å². The topological polar surface area (TPSA) is 52.1 Å². The number of halogens is 2. The largest absolute Gasteiger partial charge is 0.496 e. The van der Waals surface area contributed by atoms with Crippen LogP contribution in [0.5, 0.6) is 17.2 Å². The van der Waals surface area contributed by atoms with Gasteiger partial charge in [0.05, 0.1) is 30.9 Å². The van der Waals surface area contributed by atoms with Gasteiger partial charge in [0.25, 0.3) is 0 Å². The van der Waals surface area contributed by atoms with E-state index in [9.17, 15) is 0 Å². The Balaban J connectivity index is 1.68. The van der Waals surface area contributed by atoms with Gasteiger partial charge in [-0.3, -0.25) is 0 Å². The zero-order valence-electron chi connectivity index (χ0n) is 17.4. The fraction of sp³-hybridized carbons (Fsp3) is 0.208. The lowest BCUT2D eigenvalue weighted by molar-refractivity contribution is 0.267. The third-order valence-electron chi connectivity index (χ3n) is 4.40. The molecule has 0 aliphatic carbocycles. The van der Waals surface area contributed by atoms with E-state index in [0.29, 0.717) is 31.3 Å². The number of nitrogens with zero attached hydrogens (tertiary/aromatic N) is 1. The van der Waals surface area contributed by atoms with Crippen molar-refractivity contribution in [3.05, 3.63) is 86.3 Å². The van der Waals surface area contributed by atoms with E-state index in [-0.39, 0.29) is 0 Å². The van der Waals surface area contributed by atoms with Crippen LogP contribution in [0.3, 0.4) is 0 Å². The molecule has 5 nitrogen and oxygen atoms in total. The lowest BCUT2D eigenvalue weighted by Gasteiger charge is -2.15. The van der Waals surface area contributed by atoms with Crippen LogP contribution in [0.15, 0.2) is 74.7 Å². The molecule has 0 fully saturated rings. The number of rotatable bonds is 10. The highest BCUT2D eigenvalue weighted by Crippen LogP contribution is 2.37. The van der Waals surface area contributed by atoms with Crippen molar-refractivity contribution < 1.29 is 14.2 Å². The Labute approximate surface area is 199 Å². The first kappa shape index (κ1) is 23.2. The first-order chi connectivity index (χ1) is 15.1. The van der Waals surface area contributed by atoms with Crippen LogP contribution in [0.2, 0.25) is 0 Å². The minimum atomic E-state index is 0.444. The van der Waals surface area contributed by atoms with Gasteiger partial charge in [-0.2, -0.15) is 5.10 Å². The molecule has 0 radical (unpaired) electrons. The Morgan fingerprint density at radius 2 is 1.74 bits per heavy atom. The van der Waals surface area contributed by atoms with Crippen molar-refractivity contribution in [3.8, 4) is 17.2 Å². The molecule has 0 aliphatic rings. The van der Waals surface area contributed by atoms with Gasteiger partial charge in [-0.15, -0.1) is 0 Å². The van der Waals surface area contributed by atoms with Gasteiger partial charge in [-0.05, 0) is 64.3 Å². The van der Waals surface area contributed by atoms with E-state index in [1.54, 1.807) is 13.3 Å². The van der Waals surface area contributed by atoms with Crippen molar-refractivity contribution in [2.45, 2.75) is 20.1 Å². The first-order valence-electron chi connectivity index (χ1n) is 9.82. The standard InChI is InChI=1S/C24H24Br2N2O3/c1-3-30-23-13-18(14-27-28-15-19-6-4-5-7-22(19)29-2)12-21(26)24(23)31-16-17-8-10-20(25)11-9-17/h4-14,28H,3,15-16H2,1-2H3/b27-14-. The van der Waals surface area contributed by atoms with Crippen molar-refractivity contribution in [1.29, 1.82) is 0 Å². The summed E-state index contributed by atoms with van der Waals surface area (Å²) in [4.78, 5) is 0. The molecule has 0 bridgehead atoms. The lowest BCUT2D eigenvalue weighted by atomic mass is 10.2. The maximum Gasteiger partial charge on any atom is 0.175 e. The molecule has 162 valence electrons. The van der Waals surface area contributed by atoms with Gasteiger partial charge in [0.15, 0.2) is 11.5 Å². The fourth-order valence-electron chi connectivity index (χ4n) is 2.90. The fourth-order valence-corrected chi connectivity index (χ4v) is 3.74. The molecule has 0 unspecified atom stereocenters. The molecular formula is C24H24Br2N2O3. The van der Waals surface area contributed by atoms with Gasteiger partial charge in [0.2, 0.25) is 0 Å². The summed E-state index contributed by atoms with van der Waals surface area (Å²) in [5.74, 6) is 2.17. The number of para-hydroxylation sites is 1. The van der Waals surface area contributed by atoms with Crippen LogP contribution >= 0.6 is 31.9 Å². The highest BCUT2D eigenvalue weighted by molar-refractivity contribution is 9.10. The molecule has 0 heterocycles. The third-order valence-corrected chi connectivity index (χ3v) is 5.51. The van der Waals surface area contributed by atoms with Crippen molar-refractivity contribution >= 4 is 38.1 Å². The van der Waals surface area contributed by atoms with E-state index >= 15 is 0 Å². The van der Waals surface area contributed by atoms with E-state index in [0.717, 1.165) is 31.4 Å². The normalized spacial score (nSPS) is 10.8. The second-order valence-corrected chi connectivity index (χ2v) is 8.35. The van der Waals surface area contributed by atoms with Crippen molar-refractivity contribution in [1.82, 2.24) is 5.43 Å². The first-order valence-corrected chi connectivity index (χ1v) is 11.4. The highest BCUT2D eigenvalue weighted by Gasteiger charge is 2.12. The average molecular weight is 548 g/mol. The molecule has 0 amide bonds. The second-order valence-electron chi connectivity index (χ2n) is 6.58. The van der Waals surface area contributed by atoms with Crippen LogP contribution in [0.25, 0.3) is 0 Å². The number of hydrogen-bond acceptors (Lipinski definition) is 5. The molecule has 0 saturated heterocycles. The highest BCUT2D eigenvalue weighted by atomic mass is 79.9. The third kappa shape index (κ3) is 6.74. The summed E-state index contributed by atoms with van der Waals surface area (Å²) >= 11 is 7.05. The molecule has 1 N–H and O–H groups in total. The maximum absolute atomic E-state index is 6.05. The summed E-state index contributed by atoms with van der Waals surface area (Å²) in [6.45, 7) is 3.49. The van der Waals surface area contributed by atoms with E-state index in [1.807, 2.05) is 67.6 Å². The summed E-state index contributed by atoms with van der Waals surface area (Å²) in [5, 5.41) is 4.33. The summed E-state index contributed by atoms with van der Waals surface area (Å²) in [6, 6.07) is 19.7. The summed E-state index contributed by atoms with van der Waals surface area (Å²) < 4.78 is 19.1. The predicted octanol–water partition coefficient (Wildman–Crippen LogP) is 6.32. The molecule has 0 aliphatic heterocycles. The van der Waals surface area contributed by atoms with Crippen LogP contribution in [0.1, 0.15) is 23.6 Å². The molecule has 7 heteroatoms. The smallest absolute Gasteiger partial charge is 0.175 e. The van der Waals surface area contributed by atoms with Gasteiger partial charge in [0, 0.05) is 10.0 Å². The molecule has 0 spiro atoms. The van der Waals surface area contributed by atoms with Gasteiger partial charge < -0.3 is 19.6 Å². The number of benzene rings is 3. The van der Waals surface area contributed by atoms with Gasteiger partial charge in [-0.25, -0.2) is 0 Å². The number of hydrogen-bond donors (Lipinski definition) is 1.